The Hall–Kier alpha value is -0.830. The second-order valence-electron chi connectivity index (χ2n) is 4.26. The number of carboxylic acids is 1. The van der Waals surface area contributed by atoms with Crippen LogP contribution in [0.2, 0.25) is 0 Å². The Morgan fingerprint density at radius 3 is 2.77 bits per heavy atom. The molecule has 0 aromatic rings. The van der Waals surface area contributed by atoms with Crippen LogP contribution in [-0.2, 0) is 4.79 Å². The number of hydrogen-bond acceptors (Lipinski definition) is 3. The van der Waals surface area contributed by atoms with Crippen molar-refractivity contribution in [1.29, 1.82) is 0 Å². The molecule has 0 aliphatic heterocycles. The zero-order chi connectivity index (χ0) is 9.47. The molecule has 2 aliphatic carbocycles. The fourth-order valence-electron chi connectivity index (χ4n) is 2.78. The molecular formula is C10H13O3-. The molecular weight excluding hydrogens is 168 g/mol. The van der Waals surface area contributed by atoms with Crippen molar-refractivity contribution in [2.75, 3.05) is 6.61 Å². The lowest BCUT2D eigenvalue weighted by molar-refractivity contribution is -0.309. The van der Waals surface area contributed by atoms with Gasteiger partial charge >= 0.3 is 0 Å². The van der Waals surface area contributed by atoms with Crippen molar-refractivity contribution in [2.24, 2.45) is 17.3 Å². The summed E-state index contributed by atoms with van der Waals surface area (Å²) in [5, 5.41) is 19.8. The van der Waals surface area contributed by atoms with Crippen LogP contribution in [0.5, 0.6) is 0 Å². The molecule has 0 saturated heterocycles. The SMILES string of the molecule is O=C([O-])CC1(CO)CC2C=CC1C2. The summed E-state index contributed by atoms with van der Waals surface area (Å²) < 4.78 is 0. The summed E-state index contributed by atoms with van der Waals surface area (Å²) in [5.41, 5.74) is -0.418. The molecule has 2 bridgehead atoms. The Morgan fingerprint density at radius 2 is 2.38 bits per heavy atom. The first-order valence-corrected chi connectivity index (χ1v) is 4.65. The summed E-state index contributed by atoms with van der Waals surface area (Å²) in [7, 11) is 0. The number of carboxylic acid groups (broad SMARTS) is 1. The van der Waals surface area contributed by atoms with Gasteiger partial charge in [-0.1, -0.05) is 12.2 Å². The number of allylic oxidation sites excluding steroid dienone is 2. The van der Waals surface area contributed by atoms with E-state index in [0.29, 0.717) is 5.92 Å². The number of aliphatic carboxylic acids is 1. The fraction of sp³-hybridized carbons (Fsp3) is 0.700. The van der Waals surface area contributed by atoms with E-state index < -0.39 is 11.4 Å². The van der Waals surface area contributed by atoms with Gasteiger partial charge in [0.2, 0.25) is 0 Å². The van der Waals surface area contributed by atoms with E-state index in [1.807, 2.05) is 6.08 Å². The molecule has 0 amide bonds. The van der Waals surface area contributed by atoms with Gasteiger partial charge < -0.3 is 15.0 Å². The first-order chi connectivity index (χ1) is 6.16. The van der Waals surface area contributed by atoms with E-state index in [1.165, 1.54) is 0 Å². The number of hydrogen-bond donors (Lipinski definition) is 1. The topological polar surface area (TPSA) is 60.4 Å². The van der Waals surface area contributed by atoms with Gasteiger partial charge in [-0.15, -0.1) is 0 Å². The van der Waals surface area contributed by atoms with Gasteiger partial charge in [0.25, 0.3) is 0 Å². The molecule has 0 aromatic heterocycles. The van der Waals surface area contributed by atoms with Crippen LogP contribution >= 0.6 is 0 Å². The van der Waals surface area contributed by atoms with Crippen molar-refractivity contribution in [3.05, 3.63) is 12.2 Å². The summed E-state index contributed by atoms with van der Waals surface area (Å²) in [6.45, 7) is -0.0352. The molecule has 3 heteroatoms. The van der Waals surface area contributed by atoms with Crippen molar-refractivity contribution < 1.29 is 15.0 Å². The summed E-state index contributed by atoms with van der Waals surface area (Å²) in [5.74, 6) is -0.313. The summed E-state index contributed by atoms with van der Waals surface area (Å²) >= 11 is 0. The lowest BCUT2D eigenvalue weighted by Crippen LogP contribution is -2.37. The third kappa shape index (κ3) is 1.27. The maximum Gasteiger partial charge on any atom is 0.0496 e. The van der Waals surface area contributed by atoms with Crippen LogP contribution in [-0.4, -0.2) is 17.7 Å². The highest BCUT2D eigenvalue weighted by Gasteiger charge is 2.47. The van der Waals surface area contributed by atoms with Crippen LogP contribution in [0.4, 0.5) is 0 Å². The summed E-state index contributed by atoms with van der Waals surface area (Å²) in [6.07, 6.45) is 5.99. The van der Waals surface area contributed by atoms with Gasteiger partial charge in [-0.25, -0.2) is 0 Å². The van der Waals surface area contributed by atoms with Crippen molar-refractivity contribution in [2.45, 2.75) is 19.3 Å². The molecule has 0 heterocycles. The molecule has 3 unspecified atom stereocenters. The van der Waals surface area contributed by atoms with Gasteiger partial charge in [0.15, 0.2) is 0 Å². The first kappa shape index (κ1) is 8.75. The Labute approximate surface area is 77.1 Å². The largest absolute Gasteiger partial charge is 0.550 e. The molecule has 0 radical (unpaired) electrons. The number of fused-ring (bicyclic) bond motifs is 2. The Balaban J connectivity index is 2.17. The maximum absolute atomic E-state index is 10.5. The number of carbonyl (C=O) groups is 1. The minimum atomic E-state index is -1.05. The number of carbonyl (C=O) groups excluding carboxylic acids is 1. The third-order valence-corrected chi connectivity index (χ3v) is 3.44. The predicted octanol–water partition coefficient (Wildman–Crippen LogP) is -0.299. The predicted molar refractivity (Wildman–Crippen MR) is 44.5 cm³/mol. The van der Waals surface area contributed by atoms with Crippen LogP contribution in [0.15, 0.2) is 12.2 Å². The minimum absolute atomic E-state index is 0.00495. The van der Waals surface area contributed by atoms with Crippen molar-refractivity contribution in [3.63, 3.8) is 0 Å². The highest BCUT2D eigenvalue weighted by Crippen LogP contribution is 2.53. The lowest BCUT2D eigenvalue weighted by atomic mass is 9.74. The van der Waals surface area contributed by atoms with Crippen LogP contribution in [0, 0.1) is 17.3 Å². The Bertz CT molecular complexity index is 259. The second-order valence-corrected chi connectivity index (χ2v) is 4.26. The fourth-order valence-corrected chi connectivity index (χ4v) is 2.78. The van der Waals surface area contributed by atoms with Gasteiger partial charge in [0, 0.05) is 18.0 Å². The summed E-state index contributed by atoms with van der Waals surface area (Å²) in [4.78, 5) is 10.5. The highest BCUT2D eigenvalue weighted by atomic mass is 16.4. The zero-order valence-electron chi connectivity index (χ0n) is 7.40. The van der Waals surface area contributed by atoms with E-state index in [1.54, 1.807) is 0 Å². The van der Waals surface area contributed by atoms with E-state index in [-0.39, 0.29) is 18.9 Å². The van der Waals surface area contributed by atoms with Crippen LogP contribution in [0.3, 0.4) is 0 Å². The van der Waals surface area contributed by atoms with E-state index in [2.05, 4.69) is 6.08 Å². The van der Waals surface area contributed by atoms with Gasteiger partial charge in [-0.3, -0.25) is 0 Å². The molecule has 1 fully saturated rings. The van der Waals surface area contributed by atoms with Crippen LogP contribution in [0.25, 0.3) is 0 Å². The molecule has 1 saturated carbocycles. The maximum atomic E-state index is 10.5. The zero-order valence-corrected chi connectivity index (χ0v) is 7.40. The quantitative estimate of drug-likeness (QED) is 0.608. The van der Waals surface area contributed by atoms with Crippen LogP contribution in [0.1, 0.15) is 19.3 Å². The number of rotatable bonds is 3. The second kappa shape index (κ2) is 2.84. The van der Waals surface area contributed by atoms with Gasteiger partial charge in [0.1, 0.15) is 0 Å². The molecule has 0 spiro atoms. The molecule has 13 heavy (non-hydrogen) atoms. The molecule has 3 atom stereocenters. The number of aliphatic hydroxyl groups excluding tert-OH is 1. The normalized spacial score (nSPS) is 41.3. The average molecular weight is 181 g/mol. The number of aliphatic hydroxyl groups is 1. The van der Waals surface area contributed by atoms with E-state index in [9.17, 15) is 15.0 Å². The Kier molecular flexibility index (Phi) is 1.91. The minimum Gasteiger partial charge on any atom is -0.550 e. The molecule has 72 valence electrons. The molecule has 1 N–H and O–H groups in total. The van der Waals surface area contributed by atoms with Crippen LogP contribution < -0.4 is 5.11 Å². The van der Waals surface area contributed by atoms with Gasteiger partial charge in [-0.2, -0.15) is 0 Å². The monoisotopic (exact) mass is 181 g/mol. The first-order valence-electron chi connectivity index (χ1n) is 4.65. The van der Waals surface area contributed by atoms with Gasteiger partial charge in [0.05, 0.1) is 0 Å². The van der Waals surface area contributed by atoms with E-state index in [0.717, 1.165) is 12.8 Å². The molecule has 3 nitrogen and oxygen atoms in total. The standard InChI is InChI=1S/C10H14O3/c11-6-10(5-9(12)13)4-7-1-2-8(10)3-7/h1-2,7-8,11H,3-6H2,(H,12,13)/p-1. The summed E-state index contributed by atoms with van der Waals surface area (Å²) in [6, 6.07) is 0. The van der Waals surface area contributed by atoms with Crippen molar-refractivity contribution in [1.82, 2.24) is 0 Å². The third-order valence-electron chi connectivity index (χ3n) is 3.44. The Morgan fingerprint density at radius 1 is 1.62 bits per heavy atom. The molecule has 2 aliphatic rings. The van der Waals surface area contributed by atoms with E-state index in [4.69, 9.17) is 0 Å². The van der Waals surface area contributed by atoms with E-state index >= 15 is 0 Å². The lowest BCUT2D eigenvalue weighted by Gasteiger charge is -2.34. The average Bonchev–Trinajstić information content (AvgIpc) is 2.62. The smallest absolute Gasteiger partial charge is 0.0496 e. The van der Waals surface area contributed by atoms with Crippen molar-refractivity contribution in [3.8, 4) is 0 Å². The van der Waals surface area contributed by atoms with Gasteiger partial charge in [-0.05, 0) is 31.1 Å². The highest BCUT2D eigenvalue weighted by molar-refractivity contribution is 5.65. The van der Waals surface area contributed by atoms with Crippen molar-refractivity contribution >= 4 is 5.97 Å². The molecule has 0 aromatic carbocycles. The molecule has 2 rings (SSSR count).